The van der Waals surface area contributed by atoms with E-state index >= 15 is 0 Å². The number of furan rings is 1. The molecule has 0 saturated carbocycles. The molecule has 2 aromatic heterocycles. The number of nitro benzene ring substituents is 1. The predicted octanol–water partition coefficient (Wildman–Crippen LogP) is 3.51. The Morgan fingerprint density at radius 1 is 1.29 bits per heavy atom. The predicted molar refractivity (Wildman–Crippen MR) is 81.2 cm³/mol. The summed E-state index contributed by atoms with van der Waals surface area (Å²) in [6.45, 7) is 1.38. The average Bonchev–Trinajstić information content (AvgIpc) is 3.23. The standard InChI is InChI=1S/C16H12N2O6/c1-10-12(4-2-5-13(10)18(20)21)16(19)23-9-11-8-15(24-17-11)14-6-3-7-22-14/h2-8H,9H2,1H3. The second-order valence-corrected chi connectivity index (χ2v) is 4.94. The molecule has 0 amide bonds. The number of hydrogen-bond acceptors (Lipinski definition) is 7. The van der Waals surface area contributed by atoms with Crippen LogP contribution >= 0.6 is 0 Å². The van der Waals surface area contributed by atoms with E-state index in [4.69, 9.17) is 13.7 Å². The fourth-order valence-corrected chi connectivity index (χ4v) is 2.17. The van der Waals surface area contributed by atoms with Crippen molar-refractivity contribution in [3.63, 3.8) is 0 Å². The van der Waals surface area contributed by atoms with Crippen molar-refractivity contribution in [1.29, 1.82) is 0 Å². The normalized spacial score (nSPS) is 10.5. The number of nitrogens with zero attached hydrogens (tertiary/aromatic N) is 2. The minimum absolute atomic E-state index is 0.120. The van der Waals surface area contributed by atoms with Crippen molar-refractivity contribution in [2.45, 2.75) is 13.5 Å². The van der Waals surface area contributed by atoms with Gasteiger partial charge in [0, 0.05) is 17.7 Å². The number of carbonyl (C=O) groups is 1. The summed E-state index contributed by atoms with van der Waals surface area (Å²) in [4.78, 5) is 22.5. The van der Waals surface area contributed by atoms with E-state index in [0.29, 0.717) is 17.2 Å². The molecular formula is C16H12N2O6. The molecule has 8 heteroatoms. The molecule has 3 aromatic rings. The first-order chi connectivity index (χ1) is 11.6. The van der Waals surface area contributed by atoms with Crippen LogP contribution in [-0.4, -0.2) is 16.0 Å². The molecule has 0 aliphatic heterocycles. The van der Waals surface area contributed by atoms with Crippen LogP contribution in [0.5, 0.6) is 0 Å². The van der Waals surface area contributed by atoms with Crippen molar-refractivity contribution >= 4 is 11.7 Å². The smallest absolute Gasteiger partial charge is 0.339 e. The number of nitro groups is 1. The van der Waals surface area contributed by atoms with Crippen LogP contribution in [-0.2, 0) is 11.3 Å². The number of rotatable bonds is 5. The van der Waals surface area contributed by atoms with Crippen molar-refractivity contribution in [2.75, 3.05) is 0 Å². The van der Waals surface area contributed by atoms with Crippen molar-refractivity contribution in [1.82, 2.24) is 5.16 Å². The maximum absolute atomic E-state index is 12.1. The number of benzene rings is 1. The molecule has 2 heterocycles. The van der Waals surface area contributed by atoms with Gasteiger partial charge in [-0.05, 0) is 25.1 Å². The maximum Gasteiger partial charge on any atom is 0.339 e. The zero-order valence-electron chi connectivity index (χ0n) is 12.6. The van der Waals surface area contributed by atoms with Crippen LogP contribution in [0.25, 0.3) is 11.5 Å². The first-order valence-electron chi connectivity index (χ1n) is 6.97. The van der Waals surface area contributed by atoms with Gasteiger partial charge in [-0.15, -0.1) is 0 Å². The molecule has 8 nitrogen and oxygen atoms in total. The van der Waals surface area contributed by atoms with E-state index in [-0.39, 0.29) is 23.4 Å². The zero-order chi connectivity index (χ0) is 17.1. The van der Waals surface area contributed by atoms with Gasteiger partial charge >= 0.3 is 5.97 Å². The lowest BCUT2D eigenvalue weighted by atomic mass is 10.1. The van der Waals surface area contributed by atoms with Crippen LogP contribution in [0.4, 0.5) is 5.69 Å². The summed E-state index contributed by atoms with van der Waals surface area (Å²) < 4.78 is 15.4. The SMILES string of the molecule is Cc1c(C(=O)OCc2cc(-c3ccco3)on2)cccc1[N+](=O)[O-]. The number of esters is 1. The molecule has 0 bridgehead atoms. The Balaban J connectivity index is 1.70. The molecule has 1 aromatic carbocycles. The van der Waals surface area contributed by atoms with Crippen LogP contribution in [0.1, 0.15) is 21.6 Å². The van der Waals surface area contributed by atoms with Crippen LogP contribution in [0, 0.1) is 17.0 Å². The summed E-state index contributed by atoms with van der Waals surface area (Å²) >= 11 is 0. The first-order valence-corrected chi connectivity index (χ1v) is 6.97. The van der Waals surface area contributed by atoms with Gasteiger partial charge in [-0.25, -0.2) is 4.79 Å². The summed E-state index contributed by atoms with van der Waals surface area (Å²) in [6, 6.07) is 9.26. The summed E-state index contributed by atoms with van der Waals surface area (Å²) in [7, 11) is 0. The summed E-state index contributed by atoms with van der Waals surface area (Å²) in [5.41, 5.74) is 0.659. The molecular weight excluding hydrogens is 316 g/mol. The molecule has 0 saturated heterocycles. The Hall–Kier alpha value is -3.42. The number of aromatic nitrogens is 1. The highest BCUT2D eigenvalue weighted by atomic mass is 16.6. The minimum atomic E-state index is -0.668. The molecule has 0 spiro atoms. The molecule has 0 radical (unpaired) electrons. The highest BCUT2D eigenvalue weighted by Crippen LogP contribution is 2.23. The van der Waals surface area contributed by atoms with E-state index in [0.717, 1.165) is 0 Å². The van der Waals surface area contributed by atoms with Gasteiger partial charge in [0.2, 0.25) is 5.76 Å². The van der Waals surface area contributed by atoms with Crippen molar-refractivity contribution in [3.8, 4) is 11.5 Å². The number of ether oxygens (including phenoxy) is 1. The number of carbonyl (C=O) groups excluding carboxylic acids is 1. The molecule has 122 valence electrons. The van der Waals surface area contributed by atoms with Gasteiger partial charge in [0.15, 0.2) is 5.76 Å². The Morgan fingerprint density at radius 3 is 2.83 bits per heavy atom. The maximum atomic E-state index is 12.1. The van der Waals surface area contributed by atoms with E-state index in [1.807, 2.05) is 0 Å². The zero-order valence-corrected chi connectivity index (χ0v) is 12.6. The van der Waals surface area contributed by atoms with E-state index in [2.05, 4.69) is 5.16 Å². The molecule has 24 heavy (non-hydrogen) atoms. The molecule has 0 unspecified atom stereocenters. The highest BCUT2D eigenvalue weighted by molar-refractivity contribution is 5.92. The Labute approximate surface area is 135 Å². The highest BCUT2D eigenvalue weighted by Gasteiger charge is 2.19. The van der Waals surface area contributed by atoms with Gasteiger partial charge in [-0.1, -0.05) is 11.2 Å². The fourth-order valence-electron chi connectivity index (χ4n) is 2.17. The molecule has 0 fully saturated rings. The molecule has 0 aliphatic rings. The summed E-state index contributed by atoms with van der Waals surface area (Å²) in [5, 5.41) is 14.7. The summed E-state index contributed by atoms with van der Waals surface area (Å²) in [5.74, 6) is 0.255. The van der Waals surface area contributed by atoms with Gasteiger partial charge in [-0.2, -0.15) is 0 Å². The molecule has 0 atom stereocenters. The Bertz CT molecular complexity index is 882. The third-order valence-corrected chi connectivity index (χ3v) is 3.40. The number of hydrogen-bond donors (Lipinski definition) is 0. The van der Waals surface area contributed by atoms with Crippen LogP contribution in [0.15, 0.2) is 51.6 Å². The lowest BCUT2D eigenvalue weighted by Crippen LogP contribution is -2.08. The van der Waals surface area contributed by atoms with E-state index in [1.165, 1.54) is 31.4 Å². The summed E-state index contributed by atoms with van der Waals surface area (Å²) in [6.07, 6.45) is 1.50. The van der Waals surface area contributed by atoms with Gasteiger partial charge < -0.3 is 13.7 Å². The fraction of sp³-hybridized carbons (Fsp3) is 0.125. The largest absolute Gasteiger partial charge is 0.461 e. The second kappa shape index (κ2) is 6.37. The third-order valence-electron chi connectivity index (χ3n) is 3.40. The van der Waals surface area contributed by atoms with E-state index in [9.17, 15) is 14.9 Å². The van der Waals surface area contributed by atoms with Crippen molar-refractivity contribution in [2.24, 2.45) is 0 Å². The second-order valence-electron chi connectivity index (χ2n) is 4.94. The van der Waals surface area contributed by atoms with Crippen molar-refractivity contribution in [3.05, 3.63) is 69.6 Å². The lowest BCUT2D eigenvalue weighted by Gasteiger charge is -2.05. The van der Waals surface area contributed by atoms with Crippen LogP contribution < -0.4 is 0 Å². The average molecular weight is 328 g/mol. The molecule has 0 aliphatic carbocycles. The monoisotopic (exact) mass is 328 g/mol. The van der Waals surface area contributed by atoms with Gasteiger partial charge in [-0.3, -0.25) is 10.1 Å². The topological polar surface area (TPSA) is 109 Å². The van der Waals surface area contributed by atoms with Crippen molar-refractivity contribution < 1.29 is 23.4 Å². The van der Waals surface area contributed by atoms with Crippen LogP contribution in [0.3, 0.4) is 0 Å². The van der Waals surface area contributed by atoms with Gasteiger partial charge in [0.1, 0.15) is 12.3 Å². The van der Waals surface area contributed by atoms with E-state index in [1.54, 1.807) is 18.2 Å². The third kappa shape index (κ3) is 3.02. The van der Waals surface area contributed by atoms with Gasteiger partial charge in [0.25, 0.3) is 5.69 Å². The molecule has 3 rings (SSSR count). The van der Waals surface area contributed by atoms with Gasteiger partial charge in [0.05, 0.1) is 16.7 Å². The minimum Gasteiger partial charge on any atom is -0.461 e. The Kier molecular flexibility index (Phi) is 4.11. The van der Waals surface area contributed by atoms with E-state index < -0.39 is 10.9 Å². The molecule has 0 N–H and O–H groups in total. The van der Waals surface area contributed by atoms with Crippen LogP contribution in [0.2, 0.25) is 0 Å². The quantitative estimate of drug-likeness (QED) is 0.400. The first kappa shape index (κ1) is 15.5. The lowest BCUT2D eigenvalue weighted by molar-refractivity contribution is -0.385. The Morgan fingerprint density at radius 2 is 2.12 bits per heavy atom.